The minimum atomic E-state index is -0.835. The number of benzene rings is 1. The molecule has 0 atom stereocenters. The Hall–Kier alpha value is -2.67. The van der Waals surface area contributed by atoms with Crippen molar-refractivity contribution < 1.29 is 14.3 Å². The molecule has 108 valence electrons. The molecular weight excluding hydrogens is 290 g/mol. The molecule has 0 fully saturated rings. The Kier molecular flexibility index (Phi) is 5.05. The average molecular weight is 303 g/mol. The minimum absolute atomic E-state index is 0.498. The monoisotopic (exact) mass is 303 g/mol. The predicted molar refractivity (Wildman–Crippen MR) is 81.7 cm³/mol. The van der Waals surface area contributed by atoms with Gasteiger partial charge in [0.25, 0.3) is 0 Å². The third-order valence-electron chi connectivity index (χ3n) is 2.46. The number of hydrogen-bond acceptors (Lipinski definition) is 5. The fourth-order valence-corrected chi connectivity index (χ4v) is 2.02. The van der Waals surface area contributed by atoms with Gasteiger partial charge in [-0.25, -0.2) is 5.43 Å². The number of rotatable bonds is 4. The predicted octanol–water partition coefficient (Wildman–Crippen LogP) is 1.85. The van der Waals surface area contributed by atoms with Crippen molar-refractivity contribution in [1.29, 1.82) is 0 Å². The second-order valence-electron chi connectivity index (χ2n) is 3.90. The number of carbonyl (C=O) groups excluding carboxylic acids is 2. The smallest absolute Gasteiger partial charge is 0.329 e. The van der Waals surface area contributed by atoms with E-state index in [1.165, 1.54) is 17.6 Å². The van der Waals surface area contributed by atoms with Crippen LogP contribution in [0, 0.1) is 0 Å². The van der Waals surface area contributed by atoms with Gasteiger partial charge >= 0.3 is 11.8 Å². The molecule has 1 heterocycles. The third-order valence-corrected chi connectivity index (χ3v) is 3.26. The number of hydrazone groups is 1. The molecular formula is C14H13N3O3S. The van der Waals surface area contributed by atoms with Crippen molar-refractivity contribution in [1.82, 2.24) is 5.43 Å². The highest BCUT2D eigenvalue weighted by Crippen LogP contribution is 2.14. The summed E-state index contributed by atoms with van der Waals surface area (Å²) in [4.78, 5) is 24.1. The molecule has 21 heavy (non-hydrogen) atoms. The summed E-state index contributed by atoms with van der Waals surface area (Å²) in [6.07, 6.45) is 1.48. The molecule has 0 bridgehead atoms. The van der Waals surface area contributed by atoms with Gasteiger partial charge in [-0.3, -0.25) is 9.59 Å². The topological polar surface area (TPSA) is 79.8 Å². The van der Waals surface area contributed by atoms with E-state index in [4.69, 9.17) is 4.74 Å². The molecule has 2 amide bonds. The second-order valence-corrected chi connectivity index (χ2v) is 4.88. The molecule has 1 aromatic heterocycles. The molecule has 0 unspecified atom stereocenters. The molecule has 7 heteroatoms. The zero-order chi connectivity index (χ0) is 15.1. The standard InChI is InChI=1S/C14H13N3O3S/c1-20-11-6-4-10(5-7-11)16-13(18)14(19)17-15-9-12-3-2-8-21-12/h2-9H,1H3,(H,16,18)(H,17,19)/b15-9+. The van der Waals surface area contributed by atoms with Crippen LogP contribution in [0.15, 0.2) is 46.9 Å². The first-order valence-electron chi connectivity index (χ1n) is 6.01. The number of ether oxygens (including phenoxy) is 1. The van der Waals surface area contributed by atoms with Crippen LogP contribution in [0.4, 0.5) is 5.69 Å². The van der Waals surface area contributed by atoms with Gasteiger partial charge < -0.3 is 10.1 Å². The van der Waals surface area contributed by atoms with Gasteiger partial charge in [-0.2, -0.15) is 5.10 Å². The van der Waals surface area contributed by atoms with Crippen LogP contribution in [0.3, 0.4) is 0 Å². The summed E-state index contributed by atoms with van der Waals surface area (Å²) in [5.74, 6) is -0.958. The van der Waals surface area contributed by atoms with Crippen molar-refractivity contribution in [3.8, 4) is 5.75 Å². The first-order chi connectivity index (χ1) is 10.2. The molecule has 0 saturated heterocycles. The van der Waals surface area contributed by atoms with Gasteiger partial charge in [0.2, 0.25) is 0 Å². The minimum Gasteiger partial charge on any atom is -0.497 e. The van der Waals surface area contributed by atoms with Gasteiger partial charge in [-0.15, -0.1) is 11.3 Å². The lowest BCUT2D eigenvalue weighted by Gasteiger charge is -2.05. The van der Waals surface area contributed by atoms with Gasteiger partial charge in [0.1, 0.15) is 5.75 Å². The molecule has 2 N–H and O–H groups in total. The molecule has 6 nitrogen and oxygen atoms in total. The number of carbonyl (C=O) groups is 2. The van der Waals surface area contributed by atoms with Crippen LogP contribution in [-0.4, -0.2) is 25.1 Å². The Morgan fingerprint density at radius 2 is 1.95 bits per heavy atom. The van der Waals surface area contributed by atoms with Crippen LogP contribution in [-0.2, 0) is 9.59 Å². The summed E-state index contributed by atoms with van der Waals surface area (Å²) in [7, 11) is 1.55. The van der Waals surface area contributed by atoms with Gasteiger partial charge in [0.05, 0.1) is 13.3 Å². The molecule has 0 aliphatic carbocycles. The zero-order valence-electron chi connectivity index (χ0n) is 11.2. The SMILES string of the molecule is COc1ccc(NC(=O)C(=O)N/N=C/c2cccs2)cc1. The maximum Gasteiger partial charge on any atom is 0.329 e. The maximum atomic E-state index is 11.6. The van der Waals surface area contributed by atoms with Crippen molar-refractivity contribution in [2.24, 2.45) is 5.10 Å². The Morgan fingerprint density at radius 1 is 1.19 bits per heavy atom. The molecule has 0 radical (unpaired) electrons. The van der Waals surface area contributed by atoms with Crippen molar-refractivity contribution in [3.63, 3.8) is 0 Å². The Labute approximate surface area is 125 Å². The first kappa shape index (κ1) is 14.7. The van der Waals surface area contributed by atoms with E-state index in [2.05, 4.69) is 15.8 Å². The molecule has 0 aliphatic rings. The highest BCUT2D eigenvalue weighted by Gasteiger charge is 2.12. The first-order valence-corrected chi connectivity index (χ1v) is 6.89. The van der Waals surface area contributed by atoms with E-state index in [0.29, 0.717) is 11.4 Å². The molecule has 1 aromatic carbocycles. The zero-order valence-corrected chi connectivity index (χ0v) is 12.0. The van der Waals surface area contributed by atoms with E-state index < -0.39 is 11.8 Å². The lowest BCUT2D eigenvalue weighted by molar-refractivity contribution is -0.136. The maximum absolute atomic E-state index is 11.6. The van der Waals surface area contributed by atoms with Crippen molar-refractivity contribution in [2.45, 2.75) is 0 Å². The lowest BCUT2D eigenvalue weighted by atomic mass is 10.3. The molecule has 2 rings (SSSR count). The van der Waals surface area contributed by atoms with E-state index in [1.54, 1.807) is 31.4 Å². The Morgan fingerprint density at radius 3 is 2.57 bits per heavy atom. The van der Waals surface area contributed by atoms with Crippen molar-refractivity contribution >= 4 is 35.1 Å². The number of hydrogen-bond donors (Lipinski definition) is 2. The second kappa shape index (κ2) is 7.20. The summed E-state index contributed by atoms with van der Waals surface area (Å²) < 4.78 is 5.00. The summed E-state index contributed by atoms with van der Waals surface area (Å²) in [5.41, 5.74) is 2.66. The lowest BCUT2D eigenvalue weighted by Crippen LogP contribution is -2.32. The Bertz CT molecular complexity index is 636. The summed E-state index contributed by atoms with van der Waals surface area (Å²) in [6, 6.07) is 10.4. The number of thiophene rings is 1. The van der Waals surface area contributed by atoms with E-state index in [-0.39, 0.29) is 0 Å². The van der Waals surface area contributed by atoms with E-state index in [1.807, 2.05) is 17.5 Å². The van der Waals surface area contributed by atoms with Crippen LogP contribution in [0.1, 0.15) is 4.88 Å². The van der Waals surface area contributed by atoms with Crippen LogP contribution < -0.4 is 15.5 Å². The fourth-order valence-electron chi connectivity index (χ4n) is 1.43. The van der Waals surface area contributed by atoms with Gasteiger partial charge in [0, 0.05) is 10.6 Å². The molecule has 0 saturated carbocycles. The number of anilines is 1. The van der Waals surface area contributed by atoms with E-state index in [9.17, 15) is 9.59 Å². The van der Waals surface area contributed by atoms with Gasteiger partial charge in [-0.05, 0) is 35.7 Å². The van der Waals surface area contributed by atoms with Crippen LogP contribution in [0.5, 0.6) is 5.75 Å². The summed E-state index contributed by atoms with van der Waals surface area (Å²) in [5, 5.41) is 8.06. The quantitative estimate of drug-likeness (QED) is 0.514. The molecule has 0 spiro atoms. The van der Waals surface area contributed by atoms with E-state index >= 15 is 0 Å². The van der Waals surface area contributed by atoms with Gasteiger partial charge in [0.15, 0.2) is 0 Å². The normalized spacial score (nSPS) is 10.3. The average Bonchev–Trinajstić information content (AvgIpc) is 3.01. The largest absolute Gasteiger partial charge is 0.497 e. The summed E-state index contributed by atoms with van der Waals surface area (Å²) >= 11 is 1.48. The highest BCUT2D eigenvalue weighted by molar-refractivity contribution is 7.11. The van der Waals surface area contributed by atoms with E-state index in [0.717, 1.165) is 4.88 Å². The number of methoxy groups -OCH3 is 1. The van der Waals surface area contributed by atoms with Crippen LogP contribution in [0.2, 0.25) is 0 Å². The highest BCUT2D eigenvalue weighted by atomic mass is 32.1. The number of nitrogens with zero attached hydrogens (tertiary/aromatic N) is 1. The molecule has 2 aromatic rings. The summed E-state index contributed by atoms with van der Waals surface area (Å²) in [6.45, 7) is 0. The Balaban J connectivity index is 1.85. The van der Waals surface area contributed by atoms with Crippen LogP contribution in [0.25, 0.3) is 0 Å². The van der Waals surface area contributed by atoms with Gasteiger partial charge in [-0.1, -0.05) is 6.07 Å². The molecule has 0 aliphatic heterocycles. The number of amides is 2. The third kappa shape index (κ3) is 4.43. The van der Waals surface area contributed by atoms with Crippen molar-refractivity contribution in [2.75, 3.05) is 12.4 Å². The van der Waals surface area contributed by atoms with Crippen molar-refractivity contribution in [3.05, 3.63) is 46.7 Å². The van der Waals surface area contributed by atoms with Crippen LogP contribution >= 0.6 is 11.3 Å². The fraction of sp³-hybridized carbons (Fsp3) is 0.0714. The number of nitrogens with one attached hydrogen (secondary N) is 2.